The van der Waals surface area contributed by atoms with E-state index in [9.17, 15) is 0 Å². The third-order valence-corrected chi connectivity index (χ3v) is 7.26. The Morgan fingerprint density at radius 3 is 2.66 bits per heavy atom. The maximum Gasteiger partial charge on any atom is 0.206 e. The number of aromatic nitrogens is 8. The van der Waals surface area contributed by atoms with E-state index in [2.05, 4.69) is 90.3 Å². The smallest absolute Gasteiger partial charge is 0.206 e. The first-order valence-electron chi connectivity index (χ1n) is 12.0. The maximum absolute atomic E-state index is 4.19. The number of hydrogen-bond acceptors (Lipinski definition) is 6. The van der Waals surface area contributed by atoms with E-state index in [0.717, 1.165) is 61.3 Å². The second-order valence-electron chi connectivity index (χ2n) is 9.55. The molecule has 0 unspecified atom stereocenters. The number of anilines is 1. The minimum atomic E-state index is 0.648. The van der Waals surface area contributed by atoms with E-state index in [1.807, 2.05) is 10.6 Å². The number of nitrogens with one attached hydrogen (secondary N) is 2. The SMILES string of the molecule is C[N+]1(CCCc2c[nH]c3ccc(-n4cnnc4)cc23)CCN(c2ccccc2-c2nn[nH]n2)CC1. The number of quaternary nitrogens is 1. The molecule has 0 saturated carbocycles. The zero-order chi connectivity index (χ0) is 23.7. The van der Waals surface area contributed by atoms with E-state index in [1.54, 1.807) is 12.7 Å². The van der Waals surface area contributed by atoms with Crippen molar-refractivity contribution in [1.82, 2.24) is 40.4 Å². The molecule has 3 aromatic heterocycles. The average Bonchev–Trinajstić information content (AvgIpc) is 3.67. The molecule has 10 nitrogen and oxygen atoms in total. The quantitative estimate of drug-likeness (QED) is 0.355. The number of hydrogen-bond donors (Lipinski definition) is 2. The molecule has 0 spiro atoms. The Kier molecular flexibility index (Phi) is 5.49. The van der Waals surface area contributed by atoms with Gasteiger partial charge in [0.1, 0.15) is 12.7 Å². The minimum absolute atomic E-state index is 0.648. The predicted octanol–water partition coefficient (Wildman–Crippen LogP) is 2.83. The number of aromatic amines is 2. The Balaban J connectivity index is 1.09. The van der Waals surface area contributed by atoms with Crippen LogP contribution in [-0.4, -0.2) is 84.6 Å². The lowest BCUT2D eigenvalue weighted by Gasteiger charge is -2.43. The van der Waals surface area contributed by atoms with Gasteiger partial charge in [-0.15, -0.1) is 20.4 Å². The monoisotopic (exact) mass is 469 g/mol. The van der Waals surface area contributed by atoms with Crippen molar-refractivity contribution in [3.05, 3.63) is 66.9 Å². The fourth-order valence-electron chi connectivity index (χ4n) is 5.15. The number of tetrazole rings is 1. The largest absolute Gasteiger partial charge is 0.361 e. The molecule has 5 aromatic rings. The Morgan fingerprint density at radius 2 is 1.86 bits per heavy atom. The second kappa shape index (κ2) is 8.95. The number of H-pyrrole nitrogens is 2. The van der Waals surface area contributed by atoms with Gasteiger partial charge in [-0.3, -0.25) is 4.57 Å². The van der Waals surface area contributed by atoms with Crippen molar-refractivity contribution >= 4 is 16.6 Å². The topological polar surface area (TPSA) is 104 Å². The summed E-state index contributed by atoms with van der Waals surface area (Å²) >= 11 is 0. The maximum atomic E-state index is 4.19. The summed E-state index contributed by atoms with van der Waals surface area (Å²) in [7, 11) is 2.39. The number of rotatable bonds is 7. The van der Waals surface area contributed by atoms with Gasteiger partial charge in [0.05, 0.1) is 39.8 Å². The van der Waals surface area contributed by atoms with Crippen LogP contribution in [0.15, 0.2) is 61.3 Å². The lowest BCUT2D eigenvalue weighted by Crippen LogP contribution is -2.57. The molecular weight excluding hydrogens is 440 g/mol. The van der Waals surface area contributed by atoms with Crippen molar-refractivity contribution in [3.63, 3.8) is 0 Å². The molecule has 2 N–H and O–H groups in total. The molecule has 0 radical (unpaired) electrons. The summed E-state index contributed by atoms with van der Waals surface area (Å²) in [6.07, 6.45) is 7.84. The highest BCUT2D eigenvalue weighted by Crippen LogP contribution is 2.30. The fraction of sp³-hybridized carbons (Fsp3) is 0.320. The van der Waals surface area contributed by atoms with Crippen molar-refractivity contribution in [1.29, 1.82) is 0 Å². The number of aryl methyl sites for hydroxylation is 1. The molecule has 1 fully saturated rings. The van der Waals surface area contributed by atoms with Gasteiger partial charge in [-0.05, 0) is 47.5 Å². The predicted molar refractivity (Wildman–Crippen MR) is 134 cm³/mol. The molecule has 1 saturated heterocycles. The summed E-state index contributed by atoms with van der Waals surface area (Å²) < 4.78 is 3.04. The molecule has 35 heavy (non-hydrogen) atoms. The van der Waals surface area contributed by atoms with Crippen LogP contribution in [0.25, 0.3) is 28.0 Å². The van der Waals surface area contributed by atoms with Crippen LogP contribution in [0.2, 0.25) is 0 Å². The van der Waals surface area contributed by atoms with E-state index < -0.39 is 0 Å². The highest BCUT2D eigenvalue weighted by Gasteiger charge is 2.29. The average molecular weight is 470 g/mol. The summed E-state index contributed by atoms with van der Waals surface area (Å²) in [5.41, 5.74) is 5.84. The van der Waals surface area contributed by atoms with Crippen LogP contribution in [0, 0.1) is 0 Å². The lowest BCUT2D eigenvalue weighted by atomic mass is 10.1. The van der Waals surface area contributed by atoms with Gasteiger partial charge < -0.3 is 14.4 Å². The number of likely N-dealkylation sites (N-methyl/N-ethyl adjacent to an activating group) is 1. The van der Waals surface area contributed by atoms with Crippen LogP contribution in [-0.2, 0) is 6.42 Å². The molecule has 6 rings (SSSR count). The van der Waals surface area contributed by atoms with Gasteiger partial charge in [-0.25, -0.2) is 0 Å². The van der Waals surface area contributed by atoms with Crippen LogP contribution < -0.4 is 4.90 Å². The summed E-state index contributed by atoms with van der Waals surface area (Å²) in [5, 5.41) is 23.8. The van der Waals surface area contributed by atoms with Crippen LogP contribution >= 0.6 is 0 Å². The summed E-state index contributed by atoms with van der Waals surface area (Å²) in [6.45, 7) is 5.43. The van der Waals surface area contributed by atoms with Crippen LogP contribution in [0.4, 0.5) is 5.69 Å². The number of fused-ring (bicyclic) bond motifs is 1. The Hall–Kier alpha value is -4.05. The summed E-state index contributed by atoms with van der Waals surface area (Å²) in [4.78, 5) is 5.89. The molecule has 10 heteroatoms. The first-order chi connectivity index (χ1) is 17.2. The molecular formula is C25H29N10+. The zero-order valence-electron chi connectivity index (χ0n) is 19.8. The van der Waals surface area contributed by atoms with Crippen molar-refractivity contribution in [3.8, 4) is 17.1 Å². The molecule has 0 bridgehead atoms. The molecule has 0 amide bonds. The Bertz CT molecular complexity index is 1400. The lowest BCUT2D eigenvalue weighted by molar-refractivity contribution is -0.910. The number of benzene rings is 2. The van der Waals surface area contributed by atoms with Gasteiger partial charge in [-0.1, -0.05) is 12.1 Å². The molecule has 2 aromatic carbocycles. The van der Waals surface area contributed by atoms with Gasteiger partial charge in [-0.2, -0.15) is 5.21 Å². The number of nitrogens with zero attached hydrogens (tertiary/aromatic N) is 8. The Labute approximate surface area is 203 Å². The van der Waals surface area contributed by atoms with Gasteiger partial charge in [0, 0.05) is 40.5 Å². The van der Waals surface area contributed by atoms with E-state index in [-0.39, 0.29) is 0 Å². The molecule has 0 atom stereocenters. The van der Waals surface area contributed by atoms with Gasteiger partial charge in [0.25, 0.3) is 0 Å². The first kappa shape index (κ1) is 21.5. The minimum Gasteiger partial charge on any atom is -0.361 e. The van der Waals surface area contributed by atoms with Crippen molar-refractivity contribution in [2.24, 2.45) is 0 Å². The van der Waals surface area contributed by atoms with E-state index in [1.165, 1.54) is 22.2 Å². The van der Waals surface area contributed by atoms with Crippen molar-refractivity contribution in [2.75, 3.05) is 44.7 Å². The molecule has 1 aliphatic heterocycles. The summed E-state index contributed by atoms with van der Waals surface area (Å²) in [5.74, 6) is 0.648. The summed E-state index contributed by atoms with van der Waals surface area (Å²) in [6, 6.07) is 14.8. The molecule has 4 heterocycles. The normalized spacial score (nSPS) is 15.6. The van der Waals surface area contributed by atoms with Gasteiger partial charge in [0.2, 0.25) is 5.82 Å². The van der Waals surface area contributed by atoms with E-state index in [0.29, 0.717) is 5.82 Å². The van der Waals surface area contributed by atoms with E-state index >= 15 is 0 Å². The highest BCUT2D eigenvalue weighted by molar-refractivity contribution is 5.85. The van der Waals surface area contributed by atoms with Crippen molar-refractivity contribution in [2.45, 2.75) is 12.8 Å². The molecule has 0 aliphatic carbocycles. The Morgan fingerprint density at radius 1 is 1.03 bits per heavy atom. The third-order valence-electron chi connectivity index (χ3n) is 7.26. The number of para-hydroxylation sites is 1. The van der Waals surface area contributed by atoms with E-state index in [4.69, 9.17) is 0 Å². The second-order valence-corrected chi connectivity index (χ2v) is 9.55. The molecule has 1 aliphatic rings. The fourth-order valence-corrected chi connectivity index (χ4v) is 5.15. The number of piperazine rings is 1. The van der Waals surface area contributed by atoms with Crippen LogP contribution in [0.1, 0.15) is 12.0 Å². The van der Waals surface area contributed by atoms with Crippen molar-refractivity contribution < 1.29 is 4.48 Å². The van der Waals surface area contributed by atoms with Gasteiger partial charge >= 0.3 is 0 Å². The van der Waals surface area contributed by atoms with Gasteiger partial charge in [0.15, 0.2) is 0 Å². The standard InChI is InChI=1S/C25H29N10/c1-35(13-10-33(11-14-35)24-7-3-2-6-21(24)25-29-31-32-30-25)12-4-5-19-16-26-23-9-8-20(15-22(19)23)34-17-27-28-18-34/h2-3,6-9,15-18,26H,4-5,10-14H2,1H3,(H,29,30,31,32)/q+1. The third kappa shape index (κ3) is 4.28. The van der Waals surface area contributed by atoms with Crippen LogP contribution in [0.5, 0.6) is 0 Å². The zero-order valence-corrected chi connectivity index (χ0v) is 19.8. The van der Waals surface area contributed by atoms with Crippen LogP contribution in [0.3, 0.4) is 0 Å². The molecule has 178 valence electrons. The highest BCUT2D eigenvalue weighted by atomic mass is 15.5. The first-order valence-corrected chi connectivity index (χ1v) is 12.0.